The smallest absolute Gasteiger partial charge is 0.245 e. The van der Waals surface area contributed by atoms with E-state index in [4.69, 9.17) is 0 Å². The number of carbonyl (C=O) groups excluding carboxylic acids is 2. The summed E-state index contributed by atoms with van der Waals surface area (Å²) in [4.78, 5) is 41.1. The van der Waals surface area contributed by atoms with E-state index in [0.717, 1.165) is 11.1 Å². The molecule has 2 aliphatic rings. The highest BCUT2D eigenvalue weighted by molar-refractivity contribution is 5.90. The summed E-state index contributed by atoms with van der Waals surface area (Å²) >= 11 is 0. The Hall–Kier alpha value is -3.02. The molecule has 0 radical (unpaired) electrons. The van der Waals surface area contributed by atoms with Gasteiger partial charge < -0.3 is 9.80 Å². The number of fused-ring (bicyclic) bond motifs is 1. The average molecular weight is 405 g/mol. The van der Waals surface area contributed by atoms with Crippen molar-refractivity contribution in [1.29, 1.82) is 0 Å². The standard InChI is InChI=1S/C24H27N3O3/c1-17-15-27-21(14-24(17,2)19-9-6-10-20(13-19)25-30)23(29)26(12-11-22(27)28)16-18-7-4-3-5-8-18/h3-10,13,17,21H,11-12,14-16H2,1-2H3/t17?,21?,24-/m1/s1. The molecule has 2 aromatic carbocycles. The Bertz CT molecular complexity index is 961. The number of carbonyl (C=O) groups is 2. The zero-order valence-electron chi connectivity index (χ0n) is 17.5. The van der Waals surface area contributed by atoms with Gasteiger partial charge in [0, 0.05) is 26.1 Å². The molecule has 4 rings (SSSR count). The van der Waals surface area contributed by atoms with Crippen LogP contribution in [0.15, 0.2) is 59.8 Å². The maximum Gasteiger partial charge on any atom is 0.245 e. The summed E-state index contributed by atoms with van der Waals surface area (Å²) in [6, 6.07) is 16.7. The number of nitroso groups, excluding NO2 is 1. The number of piperidine rings is 1. The normalized spacial score (nSPS) is 26.9. The molecule has 0 aromatic heterocycles. The van der Waals surface area contributed by atoms with Crippen LogP contribution >= 0.6 is 0 Å². The lowest BCUT2D eigenvalue weighted by Gasteiger charge is -2.48. The van der Waals surface area contributed by atoms with Crippen LogP contribution in [0.3, 0.4) is 0 Å². The van der Waals surface area contributed by atoms with Gasteiger partial charge in [-0.15, -0.1) is 4.91 Å². The molecular formula is C24H27N3O3. The first-order valence-electron chi connectivity index (χ1n) is 10.5. The van der Waals surface area contributed by atoms with Crippen molar-refractivity contribution in [1.82, 2.24) is 9.80 Å². The molecule has 0 bridgehead atoms. The van der Waals surface area contributed by atoms with E-state index in [9.17, 15) is 14.5 Å². The molecule has 30 heavy (non-hydrogen) atoms. The van der Waals surface area contributed by atoms with Crippen molar-refractivity contribution in [3.8, 4) is 0 Å². The van der Waals surface area contributed by atoms with Crippen LogP contribution in [0.2, 0.25) is 0 Å². The highest BCUT2D eigenvalue weighted by Crippen LogP contribution is 2.43. The zero-order valence-corrected chi connectivity index (χ0v) is 17.5. The maximum atomic E-state index is 13.5. The molecule has 0 aliphatic carbocycles. The van der Waals surface area contributed by atoms with Crippen LogP contribution < -0.4 is 0 Å². The average Bonchev–Trinajstić information content (AvgIpc) is 2.87. The molecule has 3 atom stereocenters. The van der Waals surface area contributed by atoms with Crippen molar-refractivity contribution in [3.05, 3.63) is 70.6 Å². The second-order valence-electron chi connectivity index (χ2n) is 8.72. The first-order chi connectivity index (χ1) is 14.4. The number of amides is 2. The van der Waals surface area contributed by atoms with E-state index in [0.29, 0.717) is 38.2 Å². The summed E-state index contributed by atoms with van der Waals surface area (Å²) in [5.74, 6) is 0.196. The fraction of sp³-hybridized carbons (Fsp3) is 0.417. The van der Waals surface area contributed by atoms with E-state index in [2.05, 4.69) is 19.0 Å². The van der Waals surface area contributed by atoms with Gasteiger partial charge >= 0.3 is 0 Å². The minimum Gasteiger partial charge on any atom is -0.336 e. The van der Waals surface area contributed by atoms with Crippen molar-refractivity contribution >= 4 is 17.5 Å². The van der Waals surface area contributed by atoms with Gasteiger partial charge in [-0.1, -0.05) is 56.3 Å². The molecule has 0 N–H and O–H groups in total. The van der Waals surface area contributed by atoms with Gasteiger partial charge in [0.05, 0.1) is 0 Å². The van der Waals surface area contributed by atoms with Gasteiger partial charge in [0.2, 0.25) is 11.8 Å². The van der Waals surface area contributed by atoms with Crippen molar-refractivity contribution in [2.24, 2.45) is 11.1 Å². The summed E-state index contributed by atoms with van der Waals surface area (Å²) in [6.45, 7) is 5.72. The summed E-state index contributed by atoms with van der Waals surface area (Å²) in [6.07, 6.45) is 0.884. The van der Waals surface area contributed by atoms with Gasteiger partial charge in [-0.2, -0.15) is 0 Å². The molecule has 2 aromatic rings. The predicted octanol–water partition coefficient (Wildman–Crippen LogP) is 4.01. The van der Waals surface area contributed by atoms with Gasteiger partial charge in [0.15, 0.2) is 0 Å². The van der Waals surface area contributed by atoms with Crippen LogP contribution in [0.5, 0.6) is 0 Å². The number of benzene rings is 2. The second kappa shape index (κ2) is 8.01. The number of hydrogen-bond donors (Lipinski definition) is 0. The third-order valence-corrected chi connectivity index (χ3v) is 6.89. The molecule has 2 heterocycles. The van der Waals surface area contributed by atoms with Crippen LogP contribution in [-0.2, 0) is 21.5 Å². The molecule has 6 nitrogen and oxygen atoms in total. The Morgan fingerprint density at radius 1 is 1.10 bits per heavy atom. The van der Waals surface area contributed by atoms with Gasteiger partial charge in [0.1, 0.15) is 11.7 Å². The fourth-order valence-electron chi connectivity index (χ4n) is 4.81. The van der Waals surface area contributed by atoms with Crippen molar-refractivity contribution in [2.75, 3.05) is 13.1 Å². The van der Waals surface area contributed by atoms with Crippen LogP contribution in [0.4, 0.5) is 5.69 Å². The van der Waals surface area contributed by atoms with E-state index in [1.165, 1.54) is 0 Å². The Balaban J connectivity index is 1.65. The highest BCUT2D eigenvalue weighted by Gasteiger charge is 2.48. The Morgan fingerprint density at radius 3 is 2.60 bits per heavy atom. The topological polar surface area (TPSA) is 70.1 Å². The Kier molecular flexibility index (Phi) is 5.41. The van der Waals surface area contributed by atoms with Gasteiger partial charge in [-0.05, 0) is 46.2 Å². The fourth-order valence-corrected chi connectivity index (χ4v) is 4.81. The number of hydrogen-bond acceptors (Lipinski definition) is 4. The lowest BCUT2D eigenvalue weighted by molar-refractivity contribution is -0.146. The van der Waals surface area contributed by atoms with Crippen molar-refractivity contribution in [3.63, 3.8) is 0 Å². The van der Waals surface area contributed by atoms with Crippen LogP contribution in [0, 0.1) is 10.8 Å². The van der Waals surface area contributed by atoms with Crippen LogP contribution in [0.25, 0.3) is 0 Å². The lowest BCUT2D eigenvalue weighted by Crippen LogP contribution is -2.58. The minimum absolute atomic E-state index is 0.00694. The summed E-state index contributed by atoms with van der Waals surface area (Å²) in [5.41, 5.74) is 2.10. The number of rotatable bonds is 4. The van der Waals surface area contributed by atoms with E-state index < -0.39 is 6.04 Å². The molecule has 156 valence electrons. The molecule has 2 saturated heterocycles. The van der Waals surface area contributed by atoms with E-state index in [1.54, 1.807) is 11.0 Å². The summed E-state index contributed by atoms with van der Waals surface area (Å²) < 4.78 is 0. The lowest BCUT2D eigenvalue weighted by atomic mass is 9.65. The predicted molar refractivity (Wildman–Crippen MR) is 115 cm³/mol. The van der Waals surface area contributed by atoms with Crippen molar-refractivity contribution < 1.29 is 9.59 Å². The third kappa shape index (κ3) is 3.62. The van der Waals surface area contributed by atoms with Gasteiger partial charge in [-0.3, -0.25) is 9.59 Å². The molecule has 2 amide bonds. The SMILES string of the molecule is CC1CN2C(=O)CCN(Cc3ccccc3)C(=O)C2C[C@@]1(C)c1cccc(N=O)c1. The second-order valence-corrected chi connectivity index (χ2v) is 8.72. The molecule has 0 spiro atoms. The monoisotopic (exact) mass is 405 g/mol. The highest BCUT2D eigenvalue weighted by atomic mass is 16.3. The molecule has 0 saturated carbocycles. The molecule has 6 heteroatoms. The third-order valence-electron chi connectivity index (χ3n) is 6.89. The molecule has 2 fully saturated rings. The maximum absolute atomic E-state index is 13.5. The van der Waals surface area contributed by atoms with E-state index in [1.807, 2.05) is 53.4 Å². The summed E-state index contributed by atoms with van der Waals surface area (Å²) in [5, 5.41) is 3.07. The molecule has 2 aliphatic heterocycles. The Morgan fingerprint density at radius 2 is 1.87 bits per heavy atom. The van der Waals surface area contributed by atoms with E-state index in [-0.39, 0.29) is 23.1 Å². The first-order valence-corrected chi connectivity index (χ1v) is 10.5. The number of nitrogens with zero attached hydrogens (tertiary/aromatic N) is 3. The van der Waals surface area contributed by atoms with Crippen LogP contribution in [0.1, 0.15) is 37.8 Å². The molecule has 2 unspecified atom stereocenters. The summed E-state index contributed by atoms with van der Waals surface area (Å²) in [7, 11) is 0. The quantitative estimate of drug-likeness (QED) is 0.722. The Labute approximate surface area is 176 Å². The largest absolute Gasteiger partial charge is 0.336 e. The minimum atomic E-state index is -0.488. The van der Waals surface area contributed by atoms with Crippen LogP contribution in [-0.4, -0.2) is 40.7 Å². The van der Waals surface area contributed by atoms with E-state index >= 15 is 0 Å². The first kappa shape index (κ1) is 20.3. The van der Waals surface area contributed by atoms with Crippen molar-refractivity contribution in [2.45, 2.75) is 44.7 Å². The zero-order chi connectivity index (χ0) is 21.3. The van der Waals surface area contributed by atoms with Gasteiger partial charge in [-0.25, -0.2) is 0 Å². The van der Waals surface area contributed by atoms with Gasteiger partial charge in [0.25, 0.3) is 0 Å². The molecular weight excluding hydrogens is 378 g/mol.